The number of aromatic nitrogens is 1. The molecule has 122 valence electrons. The molecule has 1 aliphatic heterocycles. The maximum absolute atomic E-state index is 12.4. The highest BCUT2D eigenvalue weighted by Gasteiger charge is 2.23. The number of rotatable bonds is 6. The zero-order valence-electron chi connectivity index (χ0n) is 13.6. The summed E-state index contributed by atoms with van der Waals surface area (Å²) < 4.78 is 5.65. The molecule has 0 atom stereocenters. The van der Waals surface area contributed by atoms with Gasteiger partial charge in [0.25, 0.3) is 5.91 Å². The van der Waals surface area contributed by atoms with Gasteiger partial charge >= 0.3 is 0 Å². The highest BCUT2D eigenvalue weighted by Crippen LogP contribution is 2.36. The van der Waals surface area contributed by atoms with Crippen LogP contribution in [0.15, 0.2) is 12.1 Å². The van der Waals surface area contributed by atoms with E-state index < -0.39 is 0 Å². The van der Waals surface area contributed by atoms with E-state index in [1.54, 1.807) is 6.92 Å². The fourth-order valence-corrected chi connectivity index (χ4v) is 3.27. The van der Waals surface area contributed by atoms with Crippen LogP contribution >= 0.6 is 0 Å². The minimum absolute atomic E-state index is 0.0887. The van der Waals surface area contributed by atoms with E-state index in [1.807, 2.05) is 19.1 Å². The van der Waals surface area contributed by atoms with E-state index in [0.29, 0.717) is 31.7 Å². The van der Waals surface area contributed by atoms with Gasteiger partial charge in [-0.2, -0.15) is 0 Å². The van der Waals surface area contributed by atoms with Crippen LogP contribution in [0.2, 0.25) is 0 Å². The lowest BCUT2D eigenvalue weighted by atomic mass is 9.98. The number of nitrogens with one attached hydrogen (secondary N) is 2. The molecule has 2 N–H and O–H groups in total. The molecular weight excluding hydrogens is 292 g/mol. The average Bonchev–Trinajstić information content (AvgIpc) is 3.10. The molecule has 0 bridgehead atoms. The zero-order chi connectivity index (χ0) is 16.4. The summed E-state index contributed by atoms with van der Waals surface area (Å²) in [6.45, 7) is 4.78. The monoisotopic (exact) mass is 314 g/mol. The van der Waals surface area contributed by atoms with Crippen molar-refractivity contribution in [1.82, 2.24) is 10.3 Å². The van der Waals surface area contributed by atoms with Crippen LogP contribution in [0.5, 0.6) is 5.75 Å². The molecule has 0 saturated heterocycles. The molecule has 5 nitrogen and oxygen atoms in total. The summed E-state index contributed by atoms with van der Waals surface area (Å²) in [4.78, 5) is 26.9. The third kappa shape index (κ3) is 2.96. The lowest BCUT2D eigenvalue weighted by Gasteiger charge is -2.06. The van der Waals surface area contributed by atoms with Crippen molar-refractivity contribution in [2.45, 2.75) is 39.5 Å². The summed E-state index contributed by atoms with van der Waals surface area (Å²) in [6.07, 6.45) is 2.85. The standard InChI is InChI=1S/C18H22N2O3/c1-3-19-18(22)17-13(6-4-5-11(2)21)16-12-9-10-23-15(12)8-7-14(16)20-17/h7-8,20H,3-6,9-10H2,1-2H3,(H,19,22). The van der Waals surface area contributed by atoms with Crippen LogP contribution in [0.25, 0.3) is 10.9 Å². The Bertz CT molecular complexity index is 761. The fraction of sp³-hybridized carbons (Fsp3) is 0.444. The molecule has 0 fully saturated rings. The lowest BCUT2D eigenvalue weighted by Crippen LogP contribution is -2.24. The number of hydrogen-bond acceptors (Lipinski definition) is 3. The third-order valence-corrected chi connectivity index (χ3v) is 4.26. The topological polar surface area (TPSA) is 71.2 Å². The van der Waals surface area contributed by atoms with Crippen LogP contribution in [0.4, 0.5) is 0 Å². The Morgan fingerprint density at radius 2 is 2.17 bits per heavy atom. The number of amides is 1. The van der Waals surface area contributed by atoms with Crippen molar-refractivity contribution in [1.29, 1.82) is 0 Å². The van der Waals surface area contributed by atoms with Crippen LogP contribution in [0.3, 0.4) is 0 Å². The number of benzene rings is 1. The first-order chi connectivity index (χ1) is 11.1. The van der Waals surface area contributed by atoms with Crippen molar-refractivity contribution in [2.75, 3.05) is 13.2 Å². The van der Waals surface area contributed by atoms with Crippen molar-refractivity contribution in [3.8, 4) is 5.75 Å². The molecule has 0 saturated carbocycles. The van der Waals surface area contributed by atoms with Crippen molar-refractivity contribution in [3.05, 3.63) is 29.0 Å². The number of carbonyl (C=O) groups is 2. The summed E-state index contributed by atoms with van der Waals surface area (Å²) >= 11 is 0. The molecule has 1 amide bonds. The third-order valence-electron chi connectivity index (χ3n) is 4.26. The predicted molar refractivity (Wildman–Crippen MR) is 89.1 cm³/mol. The number of aromatic amines is 1. The van der Waals surface area contributed by atoms with Gasteiger partial charge in [-0.25, -0.2) is 0 Å². The normalized spacial score (nSPS) is 13.0. The number of ether oxygens (including phenoxy) is 1. The Balaban J connectivity index is 2.06. The molecule has 2 aromatic rings. The van der Waals surface area contributed by atoms with E-state index in [0.717, 1.165) is 35.1 Å². The summed E-state index contributed by atoms with van der Waals surface area (Å²) in [6, 6.07) is 3.93. The van der Waals surface area contributed by atoms with Gasteiger partial charge in [0.05, 0.1) is 6.61 Å². The summed E-state index contributed by atoms with van der Waals surface area (Å²) in [7, 11) is 0. The Morgan fingerprint density at radius 3 is 2.91 bits per heavy atom. The molecule has 0 unspecified atom stereocenters. The number of ketones is 1. The minimum Gasteiger partial charge on any atom is -0.493 e. The van der Waals surface area contributed by atoms with Gasteiger partial charge in [-0.1, -0.05) is 0 Å². The number of fused-ring (bicyclic) bond motifs is 3. The van der Waals surface area contributed by atoms with E-state index >= 15 is 0 Å². The summed E-state index contributed by atoms with van der Waals surface area (Å²) in [5, 5.41) is 3.96. The average molecular weight is 314 g/mol. The molecule has 2 heterocycles. The molecular formula is C18H22N2O3. The first kappa shape index (κ1) is 15.6. The Labute approximate surface area is 135 Å². The quantitative estimate of drug-likeness (QED) is 0.861. The number of aryl methyl sites for hydroxylation is 1. The van der Waals surface area contributed by atoms with Gasteiger partial charge in [0.2, 0.25) is 0 Å². The van der Waals surface area contributed by atoms with E-state index in [1.165, 1.54) is 5.56 Å². The molecule has 0 radical (unpaired) electrons. The number of hydrogen-bond donors (Lipinski definition) is 2. The van der Waals surface area contributed by atoms with Crippen LogP contribution in [-0.4, -0.2) is 29.8 Å². The van der Waals surface area contributed by atoms with Crippen molar-refractivity contribution < 1.29 is 14.3 Å². The molecule has 1 aromatic carbocycles. The molecule has 1 aromatic heterocycles. The highest BCUT2D eigenvalue weighted by molar-refractivity contribution is 6.02. The molecule has 0 spiro atoms. The number of Topliss-reactive ketones (excluding diaryl/α,β-unsaturated/α-hetero) is 1. The molecule has 5 heteroatoms. The van der Waals surface area contributed by atoms with Gasteiger partial charge in [-0.05, 0) is 44.4 Å². The van der Waals surface area contributed by atoms with E-state index in [9.17, 15) is 9.59 Å². The van der Waals surface area contributed by atoms with Crippen LogP contribution in [-0.2, 0) is 17.6 Å². The molecule has 1 aliphatic rings. The lowest BCUT2D eigenvalue weighted by molar-refractivity contribution is -0.117. The van der Waals surface area contributed by atoms with Gasteiger partial charge in [-0.15, -0.1) is 0 Å². The maximum Gasteiger partial charge on any atom is 0.268 e. The zero-order valence-corrected chi connectivity index (χ0v) is 13.6. The summed E-state index contributed by atoms with van der Waals surface area (Å²) in [5.74, 6) is 0.999. The SMILES string of the molecule is CCNC(=O)c1[nH]c2ccc3c(c2c1CCCC(C)=O)CCO3. The first-order valence-corrected chi connectivity index (χ1v) is 8.18. The van der Waals surface area contributed by atoms with Gasteiger partial charge in [0, 0.05) is 35.9 Å². The van der Waals surface area contributed by atoms with E-state index in [2.05, 4.69) is 10.3 Å². The second-order valence-electron chi connectivity index (χ2n) is 5.96. The smallest absolute Gasteiger partial charge is 0.268 e. The Morgan fingerprint density at radius 1 is 1.35 bits per heavy atom. The van der Waals surface area contributed by atoms with Crippen LogP contribution in [0, 0.1) is 0 Å². The fourth-order valence-electron chi connectivity index (χ4n) is 3.27. The molecule has 23 heavy (non-hydrogen) atoms. The van der Waals surface area contributed by atoms with Crippen molar-refractivity contribution in [2.24, 2.45) is 0 Å². The molecule has 3 rings (SSSR count). The van der Waals surface area contributed by atoms with Gasteiger partial charge in [0.15, 0.2) is 0 Å². The second kappa shape index (κ2) is 6.44. The Hall–Kier alpha value is -2.30. The van der Waals surface area contributed by atoms with Crippen LogP contribution < -0.4 is 10.1 Å². The Kier molecular flexibility index (Phi) is 4.37. The van der Waals surface area contributed by atoms with Crippen molar-refractivity contribution >= 4 is 22.6 Å². The van der Waals surface area contributed by atoms with Gasteiger partial charge in [-0.3, -0.25) is 4.79 Å². The van der Waals surface area contributed by atoms with Crippen molar-refractivity contribution in [3.63, 3.8) is 0 Å². The van der Waals surface area contributed by atoms with E-state index in [-0.39, 0.29) is 11.7 Å². The number of H-pyrrole nitrogens is 1. The highest BCUT2D eigenvalue weighted by atomic mass is 16.5. The van der Waals surface area contributed by atoms with Gasteiger partial charge in [0.1, 0.15) is 17.2 Å². The largest absolute Gasteiger partial charge is 0.493 e. The second-order valence-corrected chi connectivity index (χ2v) is 5.96. The predicted octanol–water partition coefficient (Wildman–Crippen LogP) is 2.76. The van der Waals surface area contributed by atoms with Gasteiger partial charge < -0.3 is 19.8 Å². The minimum atomic E-state index is -0.0887. The van der Waals surface area contributed by atoms with Crippen LogP contribution in [0.1, 0.15) is 48.3 Å². The van der Waals surface area contributed by atoms with E-state index in [4.69, 9.17) is 4.74 Å². The molecule has 0 aliphatic carbocycles. The maximum atomic E-state index is 12.4. The number of carbonyl (C=O) groups excluding carboxylic acids is 2. The summed E-state index contributed by atoms with van der Waals surface area (Å²) in [5.41, 5.74) is 3.76. The first-order valence-electron chi connectivity index (χ1n) is 8.18.